The number of halogens is 1. The van der Waals surface area contributed by atoms with E-state index >= 15 is 0 Å². The summed E-state index contributed by atoms with van der Waals surface area (Å²) in [5, 5.41) is 7.29. The van der Waals surface area contributed by atoms with Crippen LogP contribution in [0.25, 0.3) is 0 Å². The van der Waals surface area contributed by atoms with E-state index < -0.39 is 17.1 Å². The van der Waals surface area contributed by atoms with Crippen molar-refractivity contribution in [3.63, 3.8) is 0 Å². The van der Waals surface area contributed by atoms with E-state index in [2.05, 4.69) is 0 Å². The summed E-state index contributed by atoms with van der Waals surface area (Å²) in [6, 6.07) is 6.41. The van der Waals surface area contributed by atoms with E-state index in [0.717, 1.165) is 0 Å². The predicted molar refractivity (Wildman–Crippen MR) is 54.2 cm³/mol. The third kappa shape index (κ3) is 2.70. The van der Waals surface area contributed by atoms with Crippen LogP contribution in [0, 0.1) is 0 Å². The molecule has 0 aliphatic carbocycles. The van der Waals surface area contributed by atoms with E-state index in [1.807, 2.05) is 0 Å². The minimum absolute atomic E-state index is 0.406. The van der Waals surface area contributed by atoms with E-state index in [-0.39, 0.29) is 0 Å². The molecule has 80 valence electrons. The summed E-state index contributed by atoms with van der Waals surface area (Å²) in [7, 11) is 1.47. The number of ketones is 1. The Bertz CT molecular complexity index is 389. The van der Waals surface area contributed by atoms with Crippen molar-refractivity contribution in [1.82, 2.24) is 0 Å². The molecule has 0 amide bonds. The van der Waals surface area contributed by atoms with Gasteiger partial charge in [-0.25, -0.2) is 4.79 Å². The van der Waals surface area contributed by atoms with Crippen molar-refractivity contribution < 1.29 is 19.4 Å². The molecule has 1 aromatic carbocycles. The number of carboxylic acid groups (broad SMARTS) is 1. The van der Waals surface area contributed by atoms with E-state index in [1.54, 1.807) is 18.2 Å². The van der Waals surface area contributed by atoms with Gasteiger partial charge in [0.15, 0.2) is 0 Å². The summed E-state index contributed by atoms with van der Waals surface area (Å²) in [5.41, 5.74) is 0.406. The first-order chi connectivity index (χ1) is 7.06. The van der Waals surface area contributed by atoms with Gasteiger partial charge in [0, 0.05) is 0 Å². The van der Waals surface area contributed by atoms with Crippen molar-refractivity contribution in [2.75, 3.05) is 7.11 Å². The maximum absolute atomic E-state index is 11.1. The number of hydrogen-bond acceptors (Lipinski definition) is 3. The number of rotatable bonds is 4. The molecule has 0 fully saturated rings. The highest BCUT2D eigenvalue weighted by molar-refractivity contribution is 6.47. The Morgan fingerprint density at radius 1 is 1.47 bits per heavy atom. The second kappa shape index (κ2) is 4.79. The van der Waals surface area contributed by atoms with Gasteiger partial charge in [0.1, 0.15) is 11.1 Å². The number of carbonyl (C=O) groups excluding carboxylic acids is 1. The lowest BCUT2D eigenvalue weighted by molar-refractivity contribution is -0.148. The van der Waals surface area contributed by atoms with E-state index in [0.29, 0.717) is 11.3 Å². The number of benzene rings is 1. The molecule has 0 aromatic heterocycles. The molecule has 1 atom stereocenters. The van der Waals surface area contributed by atoms with Crippen LogP contribution in [0.15, 0.2) is 24.3 Å². The van der Waals surface area contributed by atoms with Crippen LogP contribution < -0.4 is 4.74 Å². The molecule has 0 spiro atoms. The van der Waals surface area contributed by atoms with Crippen LogP contribution in [0.4, 0.5) is 0 Å². The lowest BCUT2D eigenvalue weighted by Gasteiger charge is -2.07. The van der Waals surface area contributed by atoms with Gasteiger partial charge in [-0.2, -0.15) is 0 Å². The summed E-state index contributed by atoms with van der Waals surface area (Å²) in [6.07, 6.45) is 0. The van der Waals surface area contributed by atoms with E-state index in [4.69, 9.17) is 21.4 Å². The Morgan fingerprint density at radius 2 is 2.13 bits per heavy atom. The fourth-order valence-corrected chi connectivity index (χ4v) is 1.29. The van der Waals surface area contributed by atoms with Gasteiger partial charge in [0.25, 0.3) is 5.78 Å². The van der Waals surface area contributed by atoms with Crippen molar-refractivity contribution in [2.24, 2.45) is 0 Å². The average molecular weight is 229 g/mol. The Labute approximate surface area is 91.4 Å². The normalized spacial score (nSPS) is 11.9. The van der Waals surface area contributed by atoms with Gasteiger partial charge < -0.3 is 9.84 Å². The summed E-state index contributed by atoms with van der Waals surface area (Å²) in [4.78, 5) is 21.5. The second-order valence-electron chi connectivity index (χ2n) is 2.81. The van der Waals surface area contributed by atoms with Gasteiger partial charge in [-0.3, -0.25) is 4.79 Å². The molecule has 1 unspecified atom stereocenters. The largest absolute Gasteiger partial charge is 0.497 e. The molecule has 15 heavy (non-hydrogen) atoms. The number of hydrogen-bond donors (Lipinski definition) is 1. The van der Waals surface area contributed by atoms with Crippen LogP contribution in [0.5, 0.6) is 5.75 Å². The van der Waals surface area contributed by atoms with Gasteiger partial charge >= 0.3 is 5.97 Å². The topological polar surface area (TPSA) is 63.6 Å². The average Bonchev–Trinajstić information content (AvgIpc) is 2.27. The van der Waals surface area contributed by atoms with Gasteiger partial charge in [-0.1, -0.05) is 12.1 Å². The van der Waals surface area contributed by atoms with Gasteiger partial charge in [0.2, 0.25) is 0 Å². The molecule has 0 aliphatic rings. The van der Waals surface area contributed by atoms with Gasteiger partial charge in [-0.15, -0.1) is 11.6 Å². The highest BCUT2D eigenvalue weighted by Crippen LogP contribution is 2.24. The highest BCUT2D eigenvalue weighted by Gasteiger charge is 2.24. The Balaban J connectivity index is 2.95. The molecule has 0 heterocycles. The molecular weight excluding hydrogens is 220 g/mol. The summed E-state index contributed by atoms with van der Waals surface area (Å²) in [5.74, 6) is -2.07. The maximum Gasteiger partial charge on any atom is 0.374 e. The van der Waals surface area contributed by atoms with Crippen LogP contribution in [0.3, 0.4) is 0 Å². The maximum atomic E-state index is 11.1. The fraction of sp³-hybridized carbons (Fsp3) is 0.200. The molecule has 0 saturated carbocycles. The van der Waals surface area contributed by atoms with Crippen molar-refractivity contribution in [3.8, 4) is 5.75 Å². The van der Waals surface area contributed by atoms with E-state index in [9.17, 15) is 9.59 Å². The molecule has 1 aromatic rings. The number of methoxy groups -OCH3 is 1. The first kappa shape index (κ1) is 11.5. The highest BCUT2D eigenvalue weighted by atomic mass is 35.5. The molecule has 1 N–H and O–H groups in total. The third-order valence-corrected chi connectivity index (χ3v) is 2.28. The van der Waals surface area contributed by atoms with Crippen LogP contribution in [-0.4, -0.2) is 24.0 Å². The van der Waals surface area contributed by atoms with E-state index in [1.165, 1.54) is 13.2 Å². The lowest BCUT2D eigenvalue weighted by Crippen LogP contribution is -2.17. The molecule has 1 rings (SSSR count). The van der Waals surface area contributed by atoms with Crippen molar-refractivity contribution >= 4 is 23.4 Å². The standard InChI is InChI=1S/C10H9ClO4/c1-15-7-4-2-3-6(5-7)8(11)9(12)10(13)14/h2-5,8H,1H3,(H,13,14). The lowest BCUT2D eigenvalue weighted by atomic mass is 10.1. The zero-order chi connectivity index (χ0) is 11.4. The van der Waals surface area contributed by atoms with Gasteiger partial charge in [0.05, 0.1) is 7.11 Å². The van der Waals surface area contributed by atoms with Crippen molar-refractivity contribution in [1.29, 1.82) is 0 Å². The number of ether oxygens (including phenoxy) is 1. The smallest absolute Gasteiger partial charge is 0.374 e. The number of alkyl halides is 1. The van der Waals surface area contributed by atoms with Crippen LogP contribution in [-0.2, 0) is 9.59 Å². The minimum Gasteiger partial charge on any atom is -0.497 e. The fourth-order valence-electron chi connectivity index (χ4n) is 1.06. The van der Waals surface area contributed by atoms with Crippen LogP contribution in [0.2, 0.25) is 0 Å². The Morgan fingerprint density at radius 3 is 2.67 bits per heavy atom. The van der Waals surface area contributed by atoms with Crippen molar-refractivity contribution in [3.05, 3.63) is 29.8 Å². The zero-order valence-electron chi connectivity index (χ0n) is 7.94. The first-order valence-electron chi connectivity index (χ1n) is 4.11. The Hall–Kier alpha value is -1.55. The number of aliphatic carboxylic acids is 1. The SMILES string of the molecule is COc1cccc(C(Cl)C(=O)C(=O)O)c1. The Kier molecular flexibility index (Phi) is 3.68. The van der Waals surface area contributed by atoms with Gasteiger partial charge in [-0.05, 0) is 17.7 Å². The minimum atomic E-state index is -1.54. The summed E-state index contributed by atoms with van der Waals surface area (Å²) in [6.45, 7) is 0. The molecule has 0 bridgehead atoms. The molecule has 0 saturated heterocycles. The molecule has 4 nitrogen and oxygen atoms in total. The number of Topliss-reactive ketones (excluding diaryl/α,β-unsaturated/α-hetero) is 1. The molecule has 0 aliphatic heterocycles. The van der Waals surface area contributed by atoms with Crippen molar-refractivity contribution in [2.45, 2.75) is 5.38 Å². The van der Waals surface area contributed by atoms with Crippen LogP contribution >= 0.6 is 11.6 Å². The quantitative estimate of drug-likeness (QED) is 0.628. The predicted octanol–water partition coefficient (Wildman–Crippen LogP) is 1.63. The second-order valence-corrected chi connectivity index (χ2v) is 3.25. The summed E-state index contributed by atoms with van der Waals surface area (Å²) < 4.78 is 4.93. The molecule has 0 radical (unpaired) electrons. The third-order valence-electron chi connectivity index (χ3n) is 1.83. The summed E-state index contributed by atoms with van der Waals surface area (Å²) >= 11 is 5.69. The molecule has 5 heteroatoms. The number of carbonyl (C=O) groups is 2. The van der Waals surface area contributed by atoms with Crippen LogP contribution in [0.1, 0.15) is 10.9 Å². The first-order valence-corrected chi connectivity index (χ1v) is 4.55. The zero-order valence-corrected chi connectivity index (χ0v) is 8.69. The monoisotopic (exact) mass is 228 g/mol. The number of carboxylic acids is 1. The molecular formula is C10H9ClO4.